The molecule has 1 unspecified atom stereocenters. The number of piperidine rings is 1. The van der Waals surface area contributed by atoms with Gasteiger partial charge in [0.25, 0.3) is 0 Å². The molecule has 0 spiro atoms. The van der Waals surface area contributed by atoms with E-state index in [0.29, 0.717) is 18.6 Å². The normalized spacial score (nSPS) is 27.4. The average Bonchev–Trinajstić information content (AvgIpc) is 2.80. The van der Waals surface area contributed by atoms with Crippen LogP contribution in [0.5, 0.6) is 0 Å². The highest BCUT2D eigenvalue weighted by Crippen LogP contribution is 2.11. The summed E-state index contributed by atoms with van der Waals surface area (Å²) < 4.78 is 0. The SMILES string of the molecule is NC(=O)CN1CCC(NCC2CCCN2)CC1. The summed E-state index contributed by atoms with van der Waals surface area (Å²) in [4.78, 5) is 13.0. The Morgan fingerprint density at radius 3 is 2.71 bits per heavy atom. The fourth-order valence-electron chi connectivity index (χ4n) is 2.76. The van der Waals surface area contributed by atoms with Crippen molar-refractivity contribution in [3.05, 3.63) is 0 Å². The average molecular weight is 240 g/mol. The number of amides is 1. The van der Waals surface area contributed by atoms with Crippen LogP contribution in [0.1, 0.15) is 25.7 Å². The number of carbonyl (C=O) groups excluding carboxylic acids is 1. The lowest BCUT2D eigenvalue weighted by Crippen LogP contribution is -2.47. The molecule has 0 aromatic rings. The molecule has 0 radical (unpaired) electrons. The minimum atomic E-state index is -0.216. The van der Waals surface area contributed by atoms with Gasteiger partial charge in [-0.25, -0.2) is 0 Å². The van der Waals surface area contributed by atoms with E-state index in [2.05, 4.69) is 15.5 Å². The van der Waals surface area contributed by atoms with E-state index in [1.807, 2.05) is 0 Å². The Balaban J connectivity index is 1.60. The van der Waals surface area contributed by atoms with E-state index in [1.54, 1.807) is 0 Å². The number of carbonyl (C=O) groups is 1. The smallest absolute Gasteiger partial charge is 0.231 e. The highest BCUT2D eigenvalue weighted by Gasteiger charge is 2.21. The van der Waals surface area contributed by atoms with E-state index in [-0.39, 0.29) is 5.91 Å². The second-order valence-electron chi connectivity index (χ2n) is 5.22. The fourth-order valence-corrected chi connectivity index (χ4v) is 2.76. The van der Waals surface area contributed by atoms with Crippen molar-refractivity contribution in [2.45, 2.75) is 37.8 Å². The molecule has 0 aromatic heterocycles. The van der Waals surface area contributed by atoms with Gasteiger partial charge in [-0.3, -0.25) is 9.69 Å². The first-order chi connectivity index (χ1) is 8.24. The van der Waals surface area contributed by atoms with Crippen LogP contribution < -0.4 is 16.4 Å². The van der Waals surface area contributed by atoms with E-state index in [0.717, 1.165) is 32.5 Å². The lowest BCUT2D eigenvalue weighted by Gasteiger charge is -2.32. The van der Waals surface area contributed by atoms with Gasteiger partial charge in [0.05, 0.1) is 6.54 Å². The molecule has 2 fully saturated rings. The molecule has 0 bridgehead atoms. The van der Waals surface area contributed by atoms with Crippen LogP contribution in [0, 0.1) is 0 Å². The highest BCUT2D eigenvalue weighted by atomic mass is 16.1. The number of primary amides is 1. The van der Waals surface area contributed by atoms with Crippen molar-refractivity contribution in [1.29, 1.82) is 0 Å². The molecule has 2 aliphatic rings. The number of nitrogens with one attached hydrogen (secondary N) is 2. The lowest BCUT2D eigenvalue weighted by molar-refractivity contribution is -0.119. The van der Waals surface area contributed by atoms with Gasteiger partial charge in [0.2, 0.25) is 5.91 Å². The third-order valence-corrected chi connectivity index (χ3v) is 3.78. The zero-order valence-corrected chi connectivity index (χ0v) is 10.5. The molecule has 0 aromatic carbocycles. The Morgan fingerprint density at radius 2 is 2.12 bits per heavy atom. The molecule has 1 amide bonds. The van der Waals surface area contributed by atoms with Gasteiger partial charge in [-0.05, 0) is 32.2 Å². The van der Waals surface area contributed by atoms with Crippen molar-refractivity contribution < 1.29 is 4.79 Å². The Bertz CT molecular complexity index is 245. The predicted octanol–water partition coefficient (Wildman–Crippen LogP) is -0.722. The summed E-state index contributed by atoms with van der Waals surface area (Å²) in [5, 5.41) is 7.13. The third-order valence-electron chi connectivity index (χ3n) is 3.78. The number of rotatable bonds is 5. The standard InChI is InChI=1S/C12H24N4O/c13-12(17)9-16-6-3-10(4-7-16)15-8-11-2-1-5-14-11/h10-11,14-15H,1-9H2,(H2,13,17). The van der Waals surface area contributed by atoms with E-state index in [9.17, 15) is 4.79 Å². The molecule has 0 aliphatic carbocycles. The van der Waals surface area contributed by atoms with E-state index in [1.165, 1.54) is 19.4 Å². The summed E-state index contributed by atoms with van der Waals surface area (Å²) in [6.07, 6.45) is 4.86. The van der Waals surface area contributed by atoms with Crippen LogP contribution in [0.3, 0.4) is 0 Å². The molecule has 2 aliphatic heterocycles. The van der Waals surface area contributed by atoms with Crippen LogP contribution in [0.25, 0.3) is 0 Å². The number of nitrogens with zero attached hydrogens (tertiary/aromatic N) is 1. The maximum absolute atomic E-state index is 10.8. The molecule has 2 saturated heterocycles. The van der Waals surface area contributed by atoms with Crippen LogP contribution >= 0.6 is 0 Å². The van der Waals surface area contributed by atoms with Crippen molar-refractivity contribution in [2.24, 2.45) is 5.73 Å². The Hall–Kier alpha value is -0.650. The zero-order valence-electron chi connectivity index (χ0n) is 10.5. The molecule has 2 heterocycles. The van der Waals surface area contributed by atoms with Crippen LogP contribution in [-0.2, 0) is 4.79 Å². The van der Waals surface area contributed by atoms with Gasteiger partial charge < -0.3 is 16.4 Å². The van der Waals surface area contributed by atoms with Gasteiger partial charge in [-0.1, -0.05) is 0 Å². The highest BCUT2D eigenvalue weighted by molar-refractivity contribution is 5.75. The number of likely N-dealkylation sites (tertiary alicyclic amines) is 1. The summed E-state index contributed by atoms with van der Waals surface area (Å²) in [6, 6.07) is 1.28. The second-order valence-corrected chi connectivity index (χ2v) is 5.22. The summed E-state index contributed by atoms with van der Waals surface area (Å²) in [5.41, 5.74) is 5.19. The largest absolute Gasteiger partial charge is 0.369 e. The number of hydrogen-bond acceptors (Lipinski definition) is 4. The second kappa shape index (κ2) is 6.33. The first-order valence-electron chi connectivity index (χ1n) is 6.71. The third kappa shape index (κ3) is 4.26. The van der Waals surface area contributed by atoms with Crippen molar-refractivity contribution in [3.8, 4) is 0 Å². The first-order valence-corrected chi connectivity index (χ1v) is 6.71. The van der Waals surface area contributed by atoms with Crippen LogP contribution in [0.15, 0.2) is 0 Å². The van der Waals surface area contributed by atoms with Crippen molar-refractivity contribution >= 4 is 5.91 Å². The van der Waals surface area contributed by atoms with E-state index >= 15 is 0 Å². The molecule has 5 heteroatoms. The molecule has 4 N–H and O–H groups in total. The Labute approximate surface area is 103 Å². The monoisotopic (exact) mass is 240 g/mol. The van der Waals surface area contributed by atoms with Gasteiger partial charge in [0, 0.05) is 31.7 Å². The Morgan fingerprint density at radius 1 is 1.35 bits per heavy atom. The molecule has 17 heavy (non-hydrogen) atoms. The maximum atomic E-state index is 10.8. The molecule has 98 valence electrons. The van der Waals surface area contributed by atoms with Crippen molar-refractivity contribution in [2.75, 3.05) is 32.7 Å². The summed E-state index contributed by atoms with van der Waals surface area (Å²) >= 11 is 0. The molecular weight excluding hydrogens is 216 g/mol. The Kier molecular flexibility index (Phi) is 4.76. The van der Waals surface area contributed by atoms with Crippen molar-refractivity contribution in [1.82, 2.24) is 15.5 Å². The molecule has 1 atom stereocenters. The van der Waals surface area contributed by atoms with Gasteiger partial charge in [-0.15, -0.1) is 0 Å². The van der Waals surface area contributed by atoms with E-state index in [4.69, 9.17) is 5.73 Å². The number of hydrogen-bond donors (Lipinski definition) is 3. The zero-order chi connectivity index (χ0) is 12.1. The summed E-state index contributed by atoms with van der Waals surface area (Å²) in [7, 11) is 0. The van der Waals surface area contributed by atoms with Gasteiger partial charge in [0.1, 0.15) is 0 Å². The maximum Gasteiger partial charge on any atom is 0.231 e. The first kappa shape index (κ1) is 12.8. The summed E-state index contributed by atoms with van der Waals surface area (Å²) in [5.74, 6) is -0.216. The van der Waals surface area contributed by atoms with Crippen LogP contribution in [0.2, 0.25) is 0 Å². The van der Waals surface area contributed by atoms with E-state index < -0.39 is 0 Å². The molecule has 2 rings (SSSR count). The molecule has 0 saturated carbocycles. The minimum Gasteiger partial charge on any atom is -0.369 e. The van der Waals surface area contributed by atoms with Gasteiger partial charge >= 0.3 is 0 Å². The summed E-state index contributed by atoms with van der Waals surface area (Å²) in [6.45, 7) is 4.64. The fraction of sp³-hybridized carbons (Fsp3) is 0.917. The topological polar surface area (TPSA) is 70.4 Å². The minimum absolute atomic E-state index is 0.216. The predicted molar refractivity (Wildman–Crippen MR) is 67.7 cm³/mol. The molecular formula is C12H24N4O. The molecule has 5 nitrogen and oxygen atoms in total. The quantitative estimate of drug-likeness (QED) is 0.593. The lowest BCUT2D eigenvalue weighted by atomic mass is 10.0. The van der Waals surface area contributed by atoms with Crippen LogP contribution in [-0.4, -0.2) is 55.6 Å². The van der Waals surface area contributed by atoms with Gasteiger partial charge in [0.15, 0.2) is 0 Å². The number of nitrogens with two attached hydrogens (primary N) is 1. The van der Waals surface area contributed by atoms with Gasteiger partial charge in [-0.2, -0.15) is 0 Å². The van der Waals surface area contributed by atoms with Crippen LogP contribution in [0.4, 0.5) is 0 Å². The van der Waals surface area contributed by atoms with Crippen molar-refractivity contribution in [3.63, 3.8) is 0 Å².